The van der Waals surface area contributed by atoms with Gasteiger partial charge in [-0.25, -0.2) is 4.98 Å². The van der Waals surface area contributed by atoms with Gasteiger partial charge < -0.3 is 0 Å². The van der Waals surface area contributed by atoms with E-state index in [1.807, 2.05) is 42.5 Å². The highest BCUT2D eigenvalue weighted by Gasteiger charge is 2.65. The second-order valence-electron chi connectivity index (χ2n) is 42.8. The van der Waals surface area contributed by atoms with Crippen LogP contribution in [0.2, 0.25) is 0 Å². The quantitative estimate of drug-likeness (QED) is 0.136. The molecule has 0 radical (unpaired) electrons. The van der Waals surface area contributed by atoms with Crippen molar-refractivity contribution in [2.75, 3.05) is 14.7 Å². The van der Waals surface area contributed by atoms with Crippen LogP contribution < -0.4 is 14.7 Å². The van der Waals surface area contributed by atoms with E-state index < -0.39 is 0 Å². The number of hydrogen-bond acceptors (Lipinski definition) is 12. The predicted octanol–water partition coefficient (Wildman–Crippen LogP) is 30.2. The molecule has 3 spiro atoms. The van der Waals surface area contributed by atoms with Crippen molar-refractivity contribution in [3.8, 4) is 57.4 Å². The van der Waals surface area contributed by atoms with E-state index in [0.717, 1.165) is 85.2 Å². The van der Waals surface area contributed by atoms with E-state index in [0.29, 0.717) is 88.5 Å². The molecule has 12 fully saturated rings. The van der Waals surface area contributed by atoms with E-state index in [1.54, 1.807) is 0 Å². The summed E-state index contributed by atoms with van der Waals surface area (Å²) >= 11 is 0. The number of fused-ring (bicyclic) bond motifs is 13. The number of benzene rings is 15. The molecule has 682 valence electrons. The summed E-state index contributed by atoms with van der Waals surface area (Å²) in [4.78, 5) is 54.5. The molecular formula is C127H104N14. The monoisotopic (exact) mass is 1820 g/mol. The maximum Gasteiger partial charge on any atom is 0.240 e. The van der Waals surface area contributed by atoms with E-state index in [1.165, 1.54) is 191 Å². The lowest BCUT2D eigenvalue weighted by Gasteiger charge is -2.64. The maximum atomic E-state index is 5.48. The normalized spacial score (nSPS) is 23.3. The van der Waals surface area contributed by atoms with Gasteiger partial charge in [-0.1, -0.05) is 309 Å². The van der Waals surface area contributed by atoms with Gasteiger partial charge >= 0.3 is 0 Å². The van der Waals surface area contributed by atoms with Crippen LogP contribution in [0, 0.1) is 71.0 Å². The molecule has 12 aliphatic carbocycles. The van der Waals surface area contributed by atoms with Crippen molar-refractivity contribution in [2.24, 2.45) is 71.0 Å². The molecule has 14 nitrogen and oxygen atoms in total. The van der Waals surface area contributed by atoms with Crippen LogP contribution in [0.15, 0.2) is 376 Å². The van der Waals surface area contributed by atoms with E-state index >= 15 is 0 Å². The highest BCUT2D eigenvalue weighted by molar-refractivity contribution is 6.10. The van der Waals surface area contributed by atoms with Gasteiger partial charge in [-0.3, -0.25) is 23.8 Å². The van der Waals surface area contributed by atoms with Crippen LogP contribution in [-0.4, -0.2) is 54.0 Å². The molecule has 12 bridgehead atoms. The number of anilines is 9. The van der Waals surface area contributed by atoms with E-state index in [-0.39, 0.29) is 16.2 Å². The van der Waals surface area contributed by atoms with Crippen molar-refractivity contribution in [2.45, 2.75) is 113 Å². The lowest BCUT2D eigenvalue weighted by atomic mass is 9.41. The Balaban J connectivity index is 0.0000000999. The highest BCUT2D eigenvalue weighted by Crippen LogP contribution is 2.74. The first-order valence-electron chi connectivity index (χ1n) is 51.7. The van der Waals surface area contributed by atoms with Crippen molar-refractivity contribution in [1.29, 1.82) is 0 Å². The van der Waals surface area contributed by atoms with Crippen molar-refractivity contribution in [1.82, 2.24) is 54.0 Å². The second kappa shape index (κ2) is 31.8. The van der Waals surface area contributed by atoms with Crippen LogP contribution in [-0.2, 0) is 16.2 Å². The Labute approximate surface area is 820 Å². The number of aromatic nitrogens is 11. The number of nitrogens with zero attached hydrogens (tertiary/aromatic N) is 14. The lowest BCUT2D eigenvalue weighted by Crippen LogP contribution is -2.57. The molecule has 141 heavy (non-hydrogen) atoms. The first-order chi connectivity index (χ1) is 69.8. The van der Waals surface area contributed by atoms with Gasteiger partial charge in [-0.2, -0.15) is 39.9 Å². The molecule has 15 aromatic carbocycles. The number of rotatable bonds is 9. The summed E-state index contributed by atoms with van der Waals surface area (Å²) in [7, 11) is 0. The average molecular weight is 1830 g/mol. The Kier molecular flexibility index (Phi) is 18.4. The molecule has 8 heterocycles. The average Bonchev–Trinajstić information content (AvgIpc) is 1.23. The summed E-state index contributed by atoms with van der Waals surface area (Å²) in [6.07, 6.45) is 20.5. The summed E-state index contributed by atoms with van der Waals surface area (Å²) < 4.78 is 4.44. The molecule has 0 amide bonds. The fourth-order valence-corrected chi connectivity index (χ4v) is 31.5. The molecule has 0 N–H and O–H groups in total. The zero-order valence-electron chi connectivity index (χ0n) is 78.6. The Morgan fingerprint density at radius 1 is 0.177 bits per heavy atom. The fraction of sp³-hybridized carbons (Fsp3) is 0.236. The molecular weight excluding hydrogens is 1720 g/mol. The van der Waals surface area contributed by atoms with Crippen LogP contribution in [0.3, 0.4) is 0 Å². The molecule has 12 saturated carbocycles. The third-order valence-electron chi connectivity index (χ3n) is 35.9. The summed E-state index contributed by atoms with van der Waals surface area (Å²) in [6.45, 7) is 0. The van der Waals surface area contributed by atoms with Crippen LogP contribution in [0.5, 0.6) is 0 Å². The van der Waals surface area contributed by atoms with E-state index in [2.05, 4.69) is 357 Å². The van der Waals surface area contributed by atoms with Gasteiger partial charge in [0.25, 0.3) is 0 Å². The number of hydrogen-bond donors (Lipinski definition) is 0. The van der Waals surface area contributed by atoms with Crippen molar-refractivity contribution in [3.05, 3.63) is 409 Å². The standard InChI is InChI=1S/C47H37N5.C43H35N5.C37H32N4/c1-2-12-32-28-33(22-21-31(32)11-1)44-48-45(51-40-17-7-3-13-36(40)37-14-4-8-18-41(37)51)50-46(49-44)52-42-19-9-5-15-38(42)47(39-16-6-10-20-43(39)52)34-24-29-23-30(26-34)27-35(47)25-29;1-2-12-29(13-3-1)40-44-41(47-36-18-8-4-14-32(36)33-15-5-9-19-37(33)47)46-42(45-40)48-38-20-10-6-16-34(38)43(35-17-7-11-21-39(35)48)30-23-27-22-28(25-30)26-31(43)24-27;1-3-11-26(12-4-1)34-38-35(27-13-5-2-6-14-27)40-36(39-34)41-32-17-9-7-15-30(32)37(31-16-8-10-18-33(31)41)28-20-24-19-25(22-28)23-29(37)21-24/h1-22,28-30,34-35H,23-27H2;1-21,27-28,30-31H,22-26H2;1-18,24-25,28-29H,19-23H2. The van der Waals surface area contributed by atoms with Crippen molar-refractivity contribution < 1.29 is 0 Å². The molecule has 20 aromatic rings. The highest BCUT2D eigenvalue weighted by atomic mass is 15.3. The first kappa shape index (κ1) is 81.6. The van der Waals surface area contributed by atoms with Gasteiger partial charge in [0.2, 0.25) is 29.7 Å². The van der Waals surface area contributed by atoms with Gasteiger partial charge in [-0.15, -0.1) is 0 Å². The second-order valence-corrected chi connectivity index (χ2v) is 42.8. The van der Waals surface area contributed by atoms with Crippen LogP contribution in [0.25, 0.3) is 112 Å². The molecule has 0 unspecified atom stereocenters. The lowest BCUT2D eigenvalue weighted by molar-refractivity contribution is -0.0419. The largest absolute Gasteiger partial charge is 0.278 e. The van der Waals surface area contributed by atoms with Gasteiger partial charge in [0.1, 0.15) is 0 Å². The fourth-order valence-electron chi connectivity index (χ4n) is 31.5. The Bertz CT molecular complexity index is 8030. The van der Waals surface area contributed by atoms with Crippen LogP contribution in [0.4, 0.5) is 52.0 Å². The Morgan fingerprint density at radius 2 is 0.404 bits per heavy atom. The summed E-state index contributed by atoms with van der Waals surface area (Å²) in [6, 6.07) is 135. The molecule has 35 rings (SSSR count). The van der Waals surface area contributed by atoms with Gasteiger partial charge in [-0.05, 0) is 278 Å². The van der Waals surface area contributed by atoms with E-state index in [4.69, 9.17) is 44.9 Å². The zero-order chi connectivity index (χ0) is 92.3. The minimum atomic E-state index is 0.0149. The molecule has 3 aliphatic heterocycles. The van der Waals surface area contributed by atoms with Crippen molar-refractivity contribution >= 4 is 106 Å². The molecule has 5 aromatic heterocycles. The van der Waals surface area contributed by atoms with Gasteiger partial charge in [0.15, 0.2) is 23.3 Å². The first-order valence-corrected chi connectivity index (χ1v) is 51.7. The topological polar surface area (TPSA) is 136 Å². The summed E-state index contributed by atoms with van der Waals surface area (Å²) in [5, 5.41) is 7.11. The minimum absolute atomic E-state index is 0.0149. The Morgan fingerprint density at radius 3 is 0.702 bits per heavy atom. The molecule has 0 saturated heterocycles. The smallest absolute Gasteiger partial charge is 0.240 e. The van der Waals surface area contributed by atoms with Crippen molar-refractivity contribution in [3.63, 3.8) is 0 Å². The summed E-state index contributed by atoms with van der Waals surface area (Å²) in [5.74, 6) is 15.4. The molecule has 15 aliphatic rings. The number of para-hydroxylation sites is 10. The van der Waals surface area contributed by atoms with Gasteiger partial charge in [0.05, 0.1) is 56.2 Å². The maximum absolute atomic E-state index is 5.48. The molecule has 0 atom stereocenters. The Hall–Kier alpha value is -15.4. The molecule has 14 heteroatoms. The van der Waals surface area contributed by atoms with Crippen LogP contribution in [0.1, 0.15) is 130 Å². The zero-order valence-corrected chi connectivity index (χ0v) is 78.6. The third kappa shape index (κ3) is 12.3. The third-order valence-corrected chi connectivity index (χ3v) is 35.9. The van der Waals surface area contributed by atoms with Gasteiger partial charge in [0, 0.05) is 60.0 Å². The van der Waals surface area contributed by atoms with Crippen LogP contribution >= 0.6 is 0 Å². The predicted molar refractivity (Wildman–Crippen MR) is 565 cm³/mol. The van der Waals surface area contributed by atoms with E-state index in [9.17, 15) is 0 Å². The SMILES string of the molecule is c1ccc(-c2nc(-c3ccccc3)nc(N3c4ccccc4C4(c5ccccc53)C3CC5CC(C3)CC4C5)n2)cc1.c1ccc(-c2nc(N3c4ccccc4C4(c5ccccc53)C3CC5CC(C3)CC4C5)nc(-n3c4ccccc4c4ccccc43)n2)cc1.c1ccc2c(c1)N(c1nc(-c3ccc4ccccc4c3)nc(-n3c4ccccc4c4ccccc43)n1)c1ccccc1C21C2CC3CC(C2)CC1C3. The summed E-state index contributed by atoms with van der Waals surface area (Å²) in [5.41, 5.74) is 24.4. The minimum Gasteiger partial charge on any atom is -0.278 e.